The van der Waals surface area contributed by atoms with Gasteiger partial charge in [-0.3, -0.25) is 9.52 Å². The zero-order valence-corrected chi connectivity index (χ0v) is 15.4. The zero-order valence-electron chi connectivity index (χ0n) is 14.6. The Balaban J connectivity index is 1.68. The summed E-state index contributed by atoms with van der Waals surface area (Å²) in [5.74, 6) is -0.193. The van der Waals surface area contributed by atoms with Crippen LogP contribution in [0.5, 0.6) is 0 Å². The minimum Gasteiger partial charge on any atom is -0.376 e. The topological polar surface area (TPSA) is 84.5 Å². The normalized spacial score (nSPS) is 17.0. The Hall–Kier alpha value is -2.38. The van der Waals surface area contributed by atoms with Gasteiger partial charge >= 0.3 is 0 Å². The SMILES string of the molecule is Cc1cc(C(=O)NC[C@H]2CCCO2)ccc1NS(=O)(=O)c1ccccc1. The summed E-state index contributed by atoms with van der Waals surface area (Å²) in [7, 11) is -3.66. The molecule has 2 N–H and O–H groups in total. The second-order valence-corrected chi connectivity index (χ2v) is 7.98. The highest BCUT2D eigenvalue weighted by Gasteiger charge is 2.18. The van der Waals surface area contributed by atoms with Crippen molar-refractivity contribution in [2.75, 3.05) is 17.9 Å². The summed E-state index contributed by atoms with van der Waals surface area (Å²) >= 11 is 0. The van der Waals surface area contributed by atoms with Crippen molar-refractivity contribution in [2.24, 2.45) is 0 Å². The van der Waals surface area contributed by atoms with Crippen molar-refractivity contribution in [1.29, 1.82) is 0 Å². The molecule has 26 heavy (non-hydrogen) atoms. The van der Waals surface area contributed by atoms with Gasteiger partial charge in [-0.05, 0) is 55.7 Å². The molecule has 7 heteroatoms. The van der Waals surface area contributed by atoms with Crippen LogP contribution in [0.15, 0.2) is 53.4 Å². The third-order valence-corrected chi connectivity index (χ3v) is 5.68. The van der Waals surface area contributed by atoms with E-state index in [9.17, 15) is 13.2 Å². The summed E-state index contributed by atoms with van der Waals surface area (Å²) < 4.78 is 32.9. The van der Waals surface area contributed by atoms with E-state index in [1.807, 2.05) is 0 Å². The maximum absolute atomic E-state index is 12.4. The van der Waals surface area contributed by atoms with Crippen molar-refractivity contribution >= 4 is 21.6 Å². The van der Waals surface area contributed by atoms with Crippen molar-refractivity contribution in [3.8, 4) is 0 Å². The number of benzene rings is 2. The summed E-state index contributed by atoms with van der Waals surface area (Å²) in [6.45, 7) is 3.00. The first-order valence-electron chi connectivity index (χ1n) is 8.54. The molecule has 0 aromatic heterocycles. The molecular weight excluding hydrogens is 352 g/mol. The number of rotatable bonds is 6. The molecule has 0 saturated carbocycles. The Morgan fingerprint density at radius 2 is 1.96 bits per heavy atom. The first-order chi connectivity index (χ1) is 12.5. The van der Waals surface area contributed by atoms with Crippen LogP contribution < -0.4 is 10.0 Å². The lowest BCUT2D eigenvalue weighted by molar-refractivity contribution is 0.0857. The molecule has 0 bridgehead atoms. The maximum Gasteiger partial charge on any atom is 0.261 e. The zero-order chi connectivity index (χ0) is 18.6. The fourth-order valence-corrected chi connectivity index (χ4v) is 3.99. The summed E-state index contributed by atoms with van der Waals surface area (Å²) in [6, 6.07) is 13.1. The summed E-state index contributed by atoms with van der Waals surface area (Å²) in [6.07, 6.45) is 2.06. The lowest BCUT2D eigenvalue weighted by Gasteiger charge is -2.13. The first-order valence-corrected chi connectivity index (χ1v) is 10.0. The number of aryl methyl sites for hydroxylation is 1. The van der Waals surface area contributed by atoms with E-state index in [2.05, 4.69) is 10.0 Å². The Morgan fingerprint density at radius 3 is 2.62 bits per heavy atom. The standard InChI is InChI=1S/C19H22N2O4S/c1-14-12-15(19(22)20-13-16-6-5-11-25-16)9-10-18(14)21-26(23,24)17-7-3-2-4-8-17/h2-4,7-10,12,16,21H,5-6,11,13H2,1H3,(H,20,22)/t16-/m1/s1. The predicted molar refractivity (Wildman–Crippen MR) is 99.7 cm³/mol. The Morgan fingerprint density at radius 1 is 1.19 bits per heavy atom. The minimum atomic E-state index is -3.66. The van der Waals surface area contributed by atoms with Crippen LogP contribution in [0.1, 0.15) is 28.8 Å². The summed E-state index contributed by atoms with van der Waals surface area (Å²) in [5.41, 5.74) is 1.61. The van der Waals surface area contributed by atoms with Gasteiger partial charge in [0.05, 0.1) is 16.7 Å². The summed E-state index contributed by atoms with van der Waals surface area (Å²) in [4.78, 5) is 12.5. The summed E-state index contributed by atoms with van der Waals surface area (Å²) in [5, 5.41) is 2.86. The van der Waals surface area contributed by atoms with E-state index in [1.54, 1.807) is 43.3 Å². The fourth-order valence-electron chi connectivity index (χ4n) is 2.84. The van der Waals surface area contributed by atoms with Gasteiger partial charge in [-0.2, -0.15) is 0 Å². The van der Waals surface area contributed by atoms with Gasteiger partial charge in [-0.25, -0.2) is 8.42 Å². The van der Waals surface area contributed by atoms with Crippen molar-refractivity contribution in [1.82, 2.24) is 5.32 Å². The highest BCUT2D eigenvalue weighted by atomic mass is 32.2. The van der Waals surface area contributed by atoms with Crippen LogP contribution >= 0.6 is 0 Å². The Labute approximate surface area is 153 Å². The first kappa shape index (κ1) is 18.4. The smallest absolute Gasteiger partial charge is 0.261 e. The molecule has 1 fully saturated rings. The monoisotopic (exact) mass is 374 g/mol. The van der Waals surface area contributed by atoms with Gasteiger partial charge in [0.25, 0.3) is 15.9 Å². The van der Waals surface area contributed by atoms with Gasteiger partial charge < -0.3 is 10.1 Å². The average Bonchev–Trinajstić information content (AvgIpc) is 3.15. The molecule has 0 aliphatic carbocycles. The largest absolute Gasteiger partial charge is 0.376 e. The lowest BCUT2D eigenvalue weighted by atomic mass is 10.1. The number of anilines is 1. The van der Waals surface area contributed by atoms with E-state index in [1.165, 1.54) is 12.1 Å². The molecule has 138 valence electrons. The van der Waals surface area contributed by atoms with Crippen LogP contribution in [-0.2, 0) is 14.8 Å². The van der Waals surface area contributed by atoms with Gasteiger partial charge in [0.1, 0.15) is 0 Å². The van der Waals surface area contributed by atoms with Crippen molar-refractivity contribution in [2.45, 2.75) is 30.8 Å². The Kier molecular flexibility index (Phi) is 5.58. The number of carbonyl (C=O) groups is 1. The van der Waals surface area contributed by atoms with Crippen LogP contribution in [0.4, 0.5) is 5.69 Å². The highest BCUT2D eigenvalue weighted by molar-refractivity contribution is 7.92. The maximum atomic E-state index is 12.4. The van der Waals surface area contributed by atoms with E-state index in [0.29, 0.717) is 23.4 Å². The van der Waals surface area contributed by atoms with Crippen LogP contribution in [-0.4, -0.2) is 33.6 Å². The van der Waals surface area contributed by atoms with Gasteiger partial charge in [0.2, 0.25) is 0 Å². The molecule has 1 heterocycles. The van der Waals surface area contributed by atoms with E-state index in [4.69, 9.17) is 4.74 Å². The molecule has 1 saturated heterocycles. The minimum absolute atomic E-state index is 0.0806. The van der Waals surface area contributed by atoms with Crippen molar-refractivity contribution in [3.63, 3.8) is 0 Å². The number of hydrogen-bond acceptors (Lipinski definition) is 4. The van der Waals surface area contributed by atoms with Crippen LogP contribution in [0, 0.1) is 6.92 Å². The van der Waals surface area contributed by atoms with E-state index in [0.717, 1.165) is 19.4 Å². The molecule has 1 amide bonds. The second-order valence-electron chi connectivity index (χ2n) is 6.29. The highest BCUT2D eigenvalue weighted by Crippen LogP contribution is 2.21. The number of carbonyl (C=O) groups excluding carboxylic acids is 1. The van der Waals surface area contributed by atoms with Gasteiger partial charge in [-0.1, -0.05) is 18.2 Å². The van der Waals surface area contributed by atoms with Crippen molar-refractivity contribution in [3.05, 3.63) is 59.7 Å². The van der Waals surface area contributed by atoms with Crippen LogP contribution in [0.3, 0.4) is 0 Å². The molecule has 1 aliphatic heterocycles. The Bertz CT molecular complexity index is 876. The molecule has 1 atom stereocenters. The number of amides is 1. The number of nitrogens with one attached hydrogen (secondary N) is 2. The van der Waals surface area contributed by atoms with Gasteiger partial charge in [0, 0.05) is 18.7 Å². The fraction of sp³-hybridized carbons (Fsp3) is 0.316. The molecule has 2 aromatic rings. The van der Waals surface area contributed by atoms with Crippen molar-refractivity contribution < 1.29 is 17.9 Å². The van der Waals surface area contributed by atoms with Crippen LogP contribution in [0.25, 0.3) is 0 Å². The molecule has 2 aromatic carbocycles. The molecule has 0 spiro atoms. The van der Waals surface area contributed by atoms with E-state index < -0.39 is 10.0 Å². The molecule has 1 aliphatic rings. The molecule has 0 unspecified atom stereocenters. The van der Waals surface area contributed by atoms with Gasteiger partial charge in [0.15, 0.2) is 0 Å². The van der Waals surface area contributed by atoms with Crippen LogP contribution in [0.2, 0.25) is 0 Å². The number of sulfonamides is 1. The molecule has 0 radical (unpaired) electrons. The number of ether oxygens (including phenoxy) is 1. The third kappa shape index (κ3) is 4.42. The average molecular weight is 374 g/mol. The molecule has 6 nitrogen and oxygen atoms in total. The molecule has 3 rings (SSSR count). The quantitative estimate of drug-likeness (QED) is 0.814. The molecular formula is C19H22N2O4S. The second kappa shape index (κ2) is 7.88. The van der Waals surface area contributed by atoms with E-state index in [-0.39, 0.29) is 16.9 Å². The third-order valence-electron chi connectivity index (χ3n) is 4.30. The number of hydrogen-bond donors (Lipinski definition) is 2. The predicted octanol–water partition coefficient (Wildman–Crippen LogP) is 2.70. The lowest BCUT2D eigenvalue weighted by Crippen LogP contribution is -2.31. The van der Waals surface area contributed by atoms with E-state index >= 15 is 0 Å². The van der Waals surface area contributed by atoms with Gasteiger partial charge in [-0.15, -0.1) is 0 Å².